The molecule has 46 heavy (non-hydrogen) atoms. The van der Waals surface area contributed by atoms with Crippen molar-refractivity contribution in [2.24, 2.45) is 17.8 Å². The number of fused-ring (bicyclic) bond motifs is 1. The number of carbonyl (C=O) groups excluding carboxylic acids is 5. The van der Waals surface area contributed by atoms with Crippen LogP contribution in [0.25, 0.3) is 10.9 Å². The summed E-state index contributed by atoms with van der Waals surface area (Å²) >= 11 is 0. The minimum absolute atomic E-state index is 0.102. The quantitative estimate of drug-likeness (QED) is 0.186. The van der Waals surface area contributed by atoms with Crippen LogP contribution in [0.4, 0.5) is 0 Å². The molecule has 0 radical (unpaired) electrons. The van der Waals surface area contributed by atoms with Gasteiger partial charge in [0.1, 0.15) is 46.6 Å². The summed E-state index contributed by atoms with van der Waals surface area (Å²) in [6, 6.07) is 5.14. The van der Waals surface area contributed by atoms with Gasteiger partial charge in [-0.3, -0.25) is 4.79 Å². The molecule has 0 bridgehead atoms. The van der Waals surface area contributed by atoms with E-state index in [0.29, 0.717) is 48.9 Å². The van der Waals surface area contributed by atoms with Crippen molar-refractivity contribution in [2.45, 2.75) is 83.3 Å². The maximum Gasteiger partial charge on any atom is 0.268 e. The second kappa shape index (κ2) is 16.5. The van der Waals surface area contributed by atoms with Crippen LogP contribution in [-0.4, -0.2) is 66.4 Å². The van der Waals surface area contributed by atoms with Crippen LogP contribution in [0.2, 0.25) is 0 Å². The van der Waals surface area contributed by atoms with Crippen LogP contribution in [0.15, 0.2) is 47.4 Å². The Balaban J connectivity index is 1.57. The number of hydrogen-bond acceptors (Lipinski definition) is 9. The monoisotopic (exact) mass is 629 g/mol. The van der Waals surface area contributed by atoms with E-state index in [1.807, 2.05) is 49.7 Å². The van der Waals surface area contributed by atoms with E-state index in [9.17, 15) is 24.0 Å². The summed E-state index contributed by atoms with van der Waals surface area (Å²) in [7, 11) is 1.57. The van der Waals surface area contributed by atoms with E-state index in [1.54, 1.807) is 19.2 Å². The van der Waals surface area contributed by atoms with Gasteiger partial charge in [-0.1, -0.05) is 46.0 Å². The van der Waals surface area contributed by atoms with Crippen LogP contribution >= 0.6 is 0 Å². The highest BCUT2D eigenvalue weighted by atomic mass is 16.5. The Morgan fingerprint density at radius 3 is 2.39 bits per heavy atom. The van der Waals surface area contributed by atoms with Gasteiger partial charge >= 0.3 is 0 Å². The van der Waals surface area contributed by atoms with E-state index in [-0.39, 0.29) is 23.2 Å². The lowest BCUT2D eigenvalue weighted by Crippen LogP contribution is -2.49. The van der Waals surface area contributed by atoms with Gasteiger partial charge < -0.3 is 31.0 Å². The highest BCUT2D eigenvalue weighted by molar-refractivity contribution is 5.98. The molecule has 244 valence electrons. The van der Waals surface area contributed by atoms with Crippen molar-refractivity contribution in [2.75, 3.05) is 13.7 Å². The molecule has 1 saturated carbocycles. The third kappa shape index (κ3) is 8.69. The summed E-state index contributed by atoms with van der Waals surface area (Å²) < 4.78 is 5.29. The lowest BCUT2D eigenvalue weighted by molar-refractivity contribution is 0.0928. The first-order chi connectivity index (χ1) is 22.3. The Labute approximate surface area is 269 Å². The van der Waals surface area contributed by atoms with Crippen molar-refractivity contribution >= 4 is 40.6 Å². The fourth-order valence-electron chi connectivity index (χ4n) is 6.51. The van der Waals surface area contributed by atoms with Gasteiger partial charge in [-0.15, -0.1) is 0 Å². The predicted molar refractivity (Wildman–Crippen MR) is 175 cm³/mol. The van der Waals surface area contributed by atoms with Crippen LogP contribution in [0.5, 0.6) is 5.75 Å². The number of amides is 1. The average Bonchev–Trinajstić information content (AvgIpc) is 3.71. The zero-order valence-corrected chi connectivity index (χ0v) is 26.7. The largest absolute Gasteiger partial charge is 0.497 e. The Morgan fingerprint density at radius 2 is 1.74 bits per heavy atom. The highest BCUT2D eigenvalue weighted by Crippen LogP contribution is 2.30. The fourth-order valence-corrected chi connectivity index (χ4v) is 6.51. The Hall–Kier alpha value is -4.77. The first-order valence-corrected chi connectivity index (χ1v) is 16.0. The summed E-state index contributed by atoms with van der Waals surface area (Å²) in [5, 5.41) is 13.2. The third-order valence-electron chi connectivity index (χ3n) is 9.00. The van der Waals surface area contributed by atoms with Gasteiger partial charge in [0.25, 0.3) is 5.91 Å². The van der Waals surface area contributed by atoms with Crippen molar-refractivity contribution in [1.82, 2.24) is 26.3 Å². The number of allylic oxidation sites excluding steroid dienone is 1. The van der Waals surface area contributed by atoms with Gasteiger partial charge in [0.05, 0.1) is 30.9 Å². The zero-order valence-electron chi connectivity index (χ0n) is 26.7. The molecule has 2 heterocycles. The molecular weight excluding hydrogens is 586 g/mol. The van der Waals surface area contributed by atoms with E-state index < -0.39 is 24.0 Å². The smallest absolute Gasteiger partial charge is 0.268 e. The second-order valence-corrected chi connectivity index (χ2v) is 12.5. The number of carbonyl (C=O) groups is 1. The molecular formula is C35H43N5O6. The van der Waals surface area contributed by atoms with E-state index in [4.69, 9.17) is 4.74 Å². The lowest BCUT2D eigenvalue weighted by Gasteiger charge is -2.32. The van der Waals surface area contributed by atoms with Crippen LogP contribution in [0.3, 0.4) is 0 Å². The summed E-state index contributed by atoms with van der Waals surface area (Å²) in [5.41, 5.74) is 1.77. The molecule has 1 aliphatic heterocycles. The number of rotatable bonds is 15. The number of nitrogens with one attached hydrogen (secondary N) is 5. The Morgan fingerprint density at radius 1 is 0.978 bits per heavy atom. The molecule has 1 amide bonds. The maximum absolute atomic E-state index is 13.4. The van der Waals surface area contributed by atoms with Gasteiger partial charge in [0, 0.05) is 29.4 Å². The number of H-pyrrole nitrogens is 1. The van der Waals surface area contributed by atoms with Crippen LogP contribution in [0.1, 0.15) is 75.7 Å². The van der Waals surface area contributed by atoms with E-state index in [0.717, 1.165) is 43.0 Å². The molecule has 11 nitrogen and oxygen atoms in total. The van der Waals surface area contributed by atoms with E-state index in [1.165, 1.54) is 6.08 Å². The molecule has 4 rings (SSSR count). The molecule has 0 unspecified atom stereocenters. The number of aromatic nitrogens is 1. The second-order valence-electron chi connectivity index (χ2n) is 12.5. The van der Waals surface area contributed by atoms with Gasteiger partial charge in [-0.05, 0) is 55.4 Å². The molecule has 5 N–H and O–H groups in total. The van der Waals surface area contributed by atoms with Gasteiger partial charge in [0.15, 0.2) is 0 Å². The summed E-state index contributed by atoms with van der Waals surface area (Å²) in [5.74, 6) is 7.94. The Bertz CT molecular complexity index is 1580. The number of benzene rings is 1. The first-order valence-electron chi connectivity index (χ1n) is 16.0. The van der Waals surface area contributed by atoms with Crippen molar-refractivity contribution in [1.29, 1.82) is 0 Å². The molecule has 1 saturated heterocycles. The normalized spacial score (nSPS) is 18.2. The topological polar surface area (TPSA) is 158 Å². The molecule has 4 atom stereocenters. The number of ether oxygens (including phenoxy) is 1. The van der Waals surface area contributed by atoms with Crippen molar-refractivity contribution in [3.05, 3.63) is 53.1 Å². The predicted octanol–water partition coefficient (Wildman–Crippen LogP) is 3.35. The van der Waals surface area contributed by atoms with Crippen molar-refractivity contribution in [3.8, 4) is 5.75 Å². The molecule has 1 aliphatic carbocycles. The molecule has 1 aromatic carbocycles. The molecule has 11 heteroatoms. The van der Waals surface area contributed by atoms with Crippen LogP contribution in [0, 0.1) is 17.8 Å². The summed E-state index contributed by atoms with van der Waals surface area (Å²) in [4.78, 5) is 64.4. The van der Waals surface area contributed by atoms with Crippen LogP contribution in [-0.2, 0) is 19.2 Å². The van der Waals surface area contributed by atoms with E-state index in [2.05, 4.69) is 26.3 Å². The van der Waals surface area contributed by atoms with Crippen molar-refractivity contribution < 1.29 is 28.7 Å². The number of aromatic amines is 1. The SMILES string of the molecule is COc1ccc2[nH]c(C(=O)N[C@H](C(=C=O)N[C@@H](CC3CCCCC3)C(=C=O)N[C@H](C=C=O)C[C@@H]3CCNC3=C=O)C(C)C)cc2c1. The Kier molecular flexibility index (Phi) is 12.2. The van der Waals surface area contributed by atoms with Gasteiger partial charge in [0.2, 0.25) is 0 Å². The number of methoxy groups -OCH3 is 1. The van der Waals surface area contributed by atoms with E-state index >= 15 is 0 Å². The van der Waals surface area contributed by atoms with Crippen molar-refractivity contribution in [3.63, 3.8) is 0 Å². The van der Waals surface area contributed by atoms with Crippen LogP contribution < -0.4 is 26.0 Å². The summed E-state index contributed by atoms with van der Waals surface area (Å²) in [6.45, 7) is 4.38. The molecule has 0 spiro atoms. The molecule has 2 fully saturated rings. The minimum Gasteiger partial charge on any atom is -0.497 e. The van der Waals surface area contributed by atoms with Gasteiger partial charge in [-0.25, -0.2) is 19.2 Å². The third-order valence-corrected chi connectivity index (χ3v) is 9.00. The number of hydrogen-bond donors (Lipinski definition) is 5. The minimum atomic E-state index is -0.747. The molecule has 1 aromatic heterocycles. The lowest BCUT2D eigenvalue weighted by atomic mass is 9.84. The average molecular weight is 630 g/mol. The molecule has 2 aliphatic rings. The summed E-state index contributed by atoms with van der Waals surface area (Å²) in [6.07, 6.45) is 8.16. The van der Waals surface area contributed by atoms with Gasteiger partial charge in [-0.2, -0.15) is 0 Å². The highest BCUT2D eigenvalue weighted by Gasteiger charge is 2.31. The zero-order chi connectivity index (χ0) is 33.1. The first kappa shape index (κ1) is 34.1. The maximum atomic E-state index is 13.4. The fraction of sp³-hybridized carbons (Fsp3) is 0.514. The molecule has 2 aromatic rings. The standard InChI is InChI=1S/C35H43N5O6/c1-22(2)34(40-35(45)30-18-25-17-27(46-3)9-10-28(25)38-30)33(21-44)39-29(15-23-7-5-4-6-8-23)32(20-43)37-26(12-14-41)16-24-11-13-36-31(24)19-42/h9-10,12,17-18,22-24,26,29,34,36-39H,4-8,11,13,15-16H2,1-3H3,(H,40,45)/t24-,26+,29-,34-/m0/s1.